The number of benzene rings is 2. The molecule has 152 valence electrons. The lowest BCUT2D eigenvalue weighted by molar-refractivity contribution is -0.384. The highest BCUT2D eigenvalue weighted by molar-refractivity contribution is 5.97. The molecule has 0 spiro atoms. The Morgan fingerprint density at radius 2 is 1.79 bits per heavy atom. The molecule has 0 saturated carbocycles. The molecule has 2 aromatic carbocycles. The second-order valence-corrected chi connectivity index (χ2v) is 6.77. The maximum absolute atomic E-state index is 13.9. The number of carbonyl (C=O) groups is 2. The fourth-order valence-electron chi connectivity index (χ4n) is 3.25. The van der Waals surface area contributed by atoms with Crippen molar-refractivity contribution in [1.29, 1.82) is 0 Å². The average Bonchev–Trinajstić information content (AvgIpc) is 2.73. The van der Waals surface area contributed by atoms with Crippen molar-refractivity contribution in [3.05, 3.63) is 70.0 Å². The molecular weight excluding hydrogens is 379 g/mol. The molecule has 2 aromatic rings. The van der Waals surface area contributed by atoms with E-state index in [9.17, 15) is 24.1 Å². The summed E-state index contributed by atoms with van der Waals surface area (Å²) in [6, 6.07) is 11.0. The molecule has 1 aliphatic rings. The van der Waals surface area contributed by atoms with Crippen LogP contribution in [0.1, 0.15) is 17.3 Å². The molecule has 0 radical (unpaired) electrons. The standard InChI is InChI=1S/C20H21FN4O4/c1-14(22-19(26)15-5-4-6-16(13-15)25(28)29)20(27)24-11-9-23(10-12-24)18-8-3-2-7-17(18)21/h2-8,13-14H,9-12H2,1H3,(H,22,26). The number of hydrogen-bond acceptors (Lipinski definition) is 5. The van der Waals surface area contributed by atoms with Crippen LogP contribution in [0, 0.1) is 15.9 Å². The summed E-state index contributed by atoms with van der Waals surface area (Å²) in [6.07, 6.45) is 0. The Balaban J connectivity index is 1.57. The molecule has 2 amide bonds. The van der Waals surface area contributed by atoms with Gasteiger partial charge in [0.05, 0.1) is 10.6 Å². The number of amides is 2. The SMILES string of the molecule is CC(NC(=O)c1cccc([N+](=O)[O-])c1)C(=O)N1CCN(c2ccccc2F)CC1. The van der Waals surface area contributed by atoms with E-state index in [1.54, 1.807) is 30.0 Å². The molecule has 1 heterocycles. The summed E-state index contributed by atoms with van der Waals surface area (Å²) in [4.78, 5) is 38.8. The number of non-ortho nitro benzene ring substituents is 1. The van der Waals surface area contributed by atoms with Gasteiger partial charge in [-0.05, 0) is 25.1 Å². The smallest absolute Gasteiger partial charge is 0.270 e. The summed E-state index contributed by atoms with van der Waals surface area (Å²) in [5, 5.41) is 13.4. The molecular formula is C20H21FN4O4. The lowest BCUT2D eigenvalue weighted by Crippen LogP contribution is -2.54. The van der Waals surface area contributed by atoms with Crippen LogP contribution in [0.3, 0.4) is 0 Å². The lowest BCUT2D eigenvalue weighted by atomic mass is 10.1. The van der Waals surface area contributed by atoms with Gasteiger partial charge in [-0.2, -0.15) is 0 Å². The molecule has 3 rings (SSSR count). The second-order valence-electron chi connectivity index (χ2n) is 6.77. The van der Waals surface area contributed by atoms with E-state index in [1.165, 1.54) is 30.3 Å². The van der Waals surface area contributed by atoms with Gasteiger partial charge in [-0.1, -0.05) is 18.2 Å². The van der Waals surface area contributed by atoms with E-state index >= 15 is 0 Å². The van der Waals surface area contributed by atoms with Crippen LogP contribution < -0.4 is 10.2 Å². The Hall–Kier alpha value is -3.49. The molecule has 1 fully saturated rings. The number of nitro groups is 1. The topological polar surface area (TPSA) is 95.8 Å². The lowest BCUT2D eigenvalue weighted by Gasteiger charge is -2.37. The van der Waals surface area contributed by atoms with Gasteiger partial charge in [-0.3, -0.25) is 19.7 Å². The number of carbonyl (C=O) groups excluding carboxylic acids is 2. The van der Waals surface area contributed by atoms with Crippen molar-refractivity contribution in [1.82, 2.24) is 10.2 Å². The number of halogens is 1. The average molecular weight is 400 g/mol. The van der Waals surface area contributed by atoms with Gasteiger partial charge in [-0.15, -0.1) is 0 Å². The predicted molar refractivity (Wildman–Crippen MR) is 105 cm³/mol. The van der Waals surface area contributed by atoms with E-state index in [0.29, 0.717) is 31.9 Å². The largest absolute Gasteiger partial charge is 0.366 e. The Bertz CT molecular complexity index is 928. The maximum Gasteiger partial charge on any atom is 0.270 e. The monoisotopic (exact) mass is 400 g/mol. The molecule has 1 aliphatic heterocycles. The van der Waals surface area contributed by atoms with Gasteiger partial charge >= 0.3 is 0 Å². The highest BCUT2D eigenvalue weighted by Crippen LogP contribution is 2.20. The van der Waals surface area contributed by atoms with Crippen LogP contribution in [0.15, 0.2) is 48.5 Å². The maximum atomic E-state index is 13.9. The quantitative estimate of drug-likeness (QED) is 0.613. The van der Waals surface area contributed by atoms with Crippen LogP contribution in [0.5, 0.6) is 0 Å². The van der Waals surface area contributed by atoms with Crippen LogP contribution in [0.2, 0.25) is 0 Å². The molecule has 0 aliphatic carbocycles. The number of rotatable bonds is 5. The molecule has 1 unspecified atom stereocenters. The van der Waals surface area contributed by atoms with Gasteiger partial charge in [0.15, 0.2) is 0 Å². The third kappa shape index (κ3) is 4.68. The number of anilines is 1. The van der Waals surface area contributed by atoms with Gasteiger partial charge in [0, 0.05) is 43.9 Å². The first kappa shape index (κ1) is 20.2. The number of nitrogens with one attached hydrogen (secondary N) is 1. The van der Waals surface area contributed by atoms with Crippen LogP contribution in [-0.4, -0.2) is 53.9 Å². The van der Waals surface area contributed by atoms with Crippen molar-refractivity contribution in [3.8, 4) is 0 Å². The zero-order valence-electron chi connectivity index (χ0n) is 15.9. The number of nitro benzene ring substituents is 1. The van der Waals surface area contributed by atoms with Crippen LogP contribution in [0.25, 0.3) is 0 Å². The first-order valence-electron chi connectivity index (χ1n) is 9.20. The zero-order chi connectivity index (χ0) is 21.0. The van der Waals surface area contributed by atoms with E-state index in [1.807, 2.05) is 4.90 Å². The van der Waals surface area contributed by atoms with E-state index in [0.717, 1.165) is 0 Å². The van der Waals surface area contributed by atoms with Crippen molar-refractivity contribution in [3.63, 3.8) is 0 Å². The van der Waals surface area contributed by atoms with E-state index in [-0.39, 0.29) is 23.0 Å². The highest BCUT2D eigenvalue weighted by atomic mass is 19.1. The molecule has 1 atom stereocenters. The summed E-state index contributed by atoms with van der Waals surface area (Å²) in [5.74, 6) is -1.11. The van der Waals surface area contributed by atoms with E-state index < -0.39 is 16.9 Å². The Kier molecular flexibility index (Phi) is 6.06. The van der Waals surface area contributed by atoms with Crippen molar-refractivity contribution >= 4 is 23.2 Å². The summed E-state index contributed by atoms with van der Waals surface area (Å²) in [7, 11) is 0. The highest BCUT2D eigenvalue weighted by Gasteiger charge is 2.27. The van der Waals surface area contributed by atoms with E-state index in [4.69, 9.17) is 0 Å². The normalized spacial score (nSPS) is 15.0. The molecule has 0 bridgehead atoms. The summed E-state index contributed by atoms with van der Waals surface area (Å²) in [5.41, 5.74) is 0.427. The first-order chi connectivity index (χ1) is 13.9. The summed E-state index contributed by atoms with van der Waals surface area (Å²) >= 11 is 0. The minimum absolute atomic E-state index is 0.114. The Labute approximate surface area is 167 Å². The summed E-state index contributed by atoms with van der Waals surface area (Å²) < 4.78 is 13.9. The van der Waals surface area contributed by atoms with Crippen LogP contribution >= 0.6 is 0 Å². The van der Waals surface area contributed by atoms with Gasteiger partial charge in [0.1, 0.15) is 11.9 Å². The van der Waals surface area contributed by atoms with Crippen LogP contribution in [-0.2, 0) is 4.79 Å². The molecule has 1 saturated heterocycles. The Morgan fingerprint density at radius 3 is 2.45 bits per heavy atom. The number of para-hydroxylation sites is 1. The Morgan fingerprint density at radius 1 is 1.10 bits per heavy atom. The first-order valence-corrected chi connectivity index (χ1v) is 9.20. The minimum atomic E-state index is -0.790. The van der Waals surface area contributed by atoms with Gasteiger partial charge in [0.2, 0.25) is 5.91 Å². The number of nitrogens with zero attached hydrogens (tertiary/aromatic N) is 3. The van der Waals surface area contributed by atoms with Crippen molar-refractivity contribution in [2.75, 3.05) is 31.1 Å². The zero-order valence-corrected chi connectivity index (χ0v) is 15.9. The molecule has 8 nitrogen and oxygen atoms in total. The molecule has 9 heteroatoms. The third-order valence-electron chi connectivity index (χ3n) is 4.82. The van der Waals surface area contributed by atoms with E-state index in [2.05, 4.69) is 5.32 Å². The fourth-order valence-corrected chi connectivity index (χ4v) is 3.25. The third-order valence-corrected chi connectivity index (χ3v) is 4.82. The van der Waals surface area contributed by atoms with Crippen molar-refractivity contribution < 1.29 is 18.9 Å². The molecule has 0 aromatic heterocycles. The number of hydrogen-bond donors (Lipinski definition) is 1. The van der Waals surface area contributed by atoms with Crippen LogP contribution in [0.4, 0.5) is 15.8 Å². The van der Waals surface area contributed by atoms with Gasteiger partial charge < -0.3 is 15.1 Å². The molecule has 1 N–H and O–H groups in total. The van der Waals surface area contributed by atoms with Gasteiger partial charge in [-0.25, -0.2) is 4.39 Å². The fraction of sp³-hybridized carbons (Fsp3) is 0.300. The number of piperazine rings is 1. The molecule has 29 heavy (non-hydrogen) atoms. The van der Waals surface area contributed by atoms with Crippen molar-refractivity contribution in [2.24, 2.45) is 0 Å². The van der Waals surface area contributed by atoms with Gasteiger partial charge in [0.25, 0.3) is 11.6 Å². The minimum Gasteiger partial charge on any atom is -0.366 e. The predicted octanol–water partition coefficient (Wildman–Crippen LogP) is 2.20. The summed E-state index contributed by atoms with van der Waals surface area (Å²) in [6.45, 7) is 3.35. The second kappa shape index (κ2) is 8.68. The van der Waals surface area contributed by atoms with Crippen molar-refractivity contribution in [2.45, 2.75) is 13.0 Å².